The van der Waals surface area contributed by atoms with Gasteiger partial charge in [-0.05, 0) is 24.3 Å². The van der Waals surface area contributed by atoms with E-state index in [0.717, 1.165) is 35.2 Å². The zero-order valence-electron chi connectivity index (χ0n) is 8.94. The molecule has 2 aromatic rings. The number of thiophene rings is 1. The maximum Gasteiger partial charge on any atom is 0.147 e. The largest absolute Gasteiger partial charge is 0.368 e. The lowest BCUT2D eigenvalue weighted by molar-refractivity contribution is 0.701. The van der Waals surface area contributed by atoms with Gasteiger partial charge in [0.05, 0.1) is 10.2 Å². The Hall–Kier alpha value is -1.20. The Balaban J connectivity index is 1.61. The van der Waals surface area contributed by atoms with Crippen molar-refractivity contribution in [3.63, 3.8) is 0 Å². The van der Waals surface area contributed by atoms with Crippen LogP contribution in [-0.4, -0.2) is 29.1 Å². The molecule has 0 aliphatic heterocycles. The van der Waals surface area contributed by atoms with Gasteiger partial charge in [0.2, 0.25) is 0 Å². The second-order valence-electron chi connectivity index (χ2n) is 4.01. The SMILES string of the molecule is c1nc(NCCNC2CC2)c2sccc2n1. The molecule has 2 heterocycles. The number of nitrogens with one attached hydrogen (secondary N) is 2. The molecule has 1 aliphatic carbocycles. The highest BCUT2D eigenvalue weighted by Gasteiger charge is 2.19. The summed E-state index contributed by atoms with van der Waals surface area (Å²) in [7, 11) is 0. The van der Waals surface area contributed by atoms with Crippen molar-refractivity contribution in [1.82, 2.24) is 15.3 Å². The fourth-order valence-corrected chi connectivity index (χ4v) is 2.47. The summed E-state index contributed by atoms with van der Waals surface area (Å²) in [5, 5.41) is 8.87. The molecule has 0 saturated heterocycles. The molecular formula is C11H14N4S. The smallest absolute Gasteiger partial charge is 0.147 e. The molecule has 0 amide bonds. The van der Waals surface area contributed by atoms with Gasteiger partial charge in [0.1, 0.15) is 12.1 Å². The molecule has 0 spiro atoms. The number of anilines is 1. The Bertz CT molecular complexity index is 478. The molecular weight excluding hydrogens is 220 g/mol. The molecule has 4 nitrogen and oxygen atoms in total. The van der Waals surface area contributed by atoms with Gasteiger partial charge < -0.3 is 10.6 Å². The Morgan fingerprint density at radius 2 is 2.25 bits per heavy atom. The maximum atomic E-state index is 4.27. The van der Waals surface area contributed by atoms with Gasteiger partial charge in [-0.25, -0.2) is 9.97 Å². The summed E-state index contributed by atoms with van der Waals surface area (Å²) in [5.74, 6) is 0.956. The van der Waals surface area contributed by atoms with Gasteiger partial charge in [0, 0.05) is 19.1 Å². The zero-order valence-corrected chi connectivity index (χ0v) is 9.76. The van der Waals surface area contributed by atoms with Crippen LogP contribution in [0.3, 0.4) is 0 Å². The predicted octanol–water partition coefficient (Wildman–Crippen LogP) is 1.86. The minimum absolute atomic E-state index is 0.772. The number of hydrogen-bond donors (Lipinski definition) is 2. The summed E-state index contributed by atoms with van der Waals surface area (Å²) in [6, 6.07) is 2.80. The lowest BCUT2D eigenvalue weighted by Gasteiger charge is -2.06. The summed E-state index contributed by atoms with van der Waals surface area (Å²) in [6.07, 6.45) is 4.29. The van der Waals surface area contributed by atoms with Gasteiger partial charge in [0.25, 0.3) is 0 Å². The van der Waals surface area contributed by atoms with Crippen molar-refractivity contribution in [2.24, 2.45) is 0 Å². The third-order valence-electron chi connectivity index (χ3n) is 2.67. The quantitative estimate of drug-likeness (QED) is 0.775. The van der Waals surface area contributed by atoms with Gasteiger partial charge in [-0.15, -0.1) is 11.3 Å². The van der Waals surface area contributed by atoms with Crippen LogP contribution in [-0.2, 0) is 0 Å². The summed E-state index contributed by atoms with van der Waals surface area (Å²) in [4.78, 5) is 8.48. The molecule has 0 aromatic carbocycles. The van der Waals surface area contributed by atoms with Crippen LogP contribution < -0.4 is 10.6 Å². The standard InChI is InChI=1S/C11H14N4S/c1-2-8(1)12-4-5-13-11-10-9(3-6-16-10)14-7-15-11/h3,6-8,12H,1-2,4-5H2,(H,13,14,15). The molecule has 16 heavy (non-hydrogen) atoms. The van der Waals surface area contributed by atoms with E-state index in [2.05, 4.69) is 20.6 Å². The molecule has 2 aromatic heterocycles. The van der Waals surface area contributed by atoms with E-state index >= 15 is 0 Å². The first-order valence-electron chi connectivity index (χ1n) is 5.59. The fraction of sp³-hybridized carbons (Fsp3) is 0.455. The predicted molar refractivity (Wildman–Crippen MR) is 66.9 cm³/mol. The number of rotatable bonds is 5. The van der Waals surface area contributed by atoms with Crippen molar-refractivity contribution < 1.29 is 0 Å². The zero-order chi connectivity index (χ0) is 10.8. The van der Waals surface area contributed by atoms with Crippen LogP contribution in [0, 0.1) is 0 Å². The number of hydrogen-bond acceptors (Lipinski definition) is 5. The third-order valence-corrected chi connectivity index (χ3v) is 3.58. The first kappa shape index (κ1) is 9.99. The van der Waals surface area contributed by atoms with Crippen molar-refractivity contribution in [2.45, 2.75) is 18.9 Å². The van der Waals surface area contributed by atoms with Gasteiger partial charge in [-0.1, -0.05) is 0 Å². The minimum atomic E-state index is 0.772. The molecule has 0 atom stereocenters. The molecule has 2 N–H and O–H groups in total. The van der Waals surface area contributed by atoms with Crippen molar-refractivity contribution in [3.8, 4) is 0 Å². The van der Waals surface area contributed by atoms with E-state index < -0.39 is 0 Å². The van der Waals surface area contributed by atoms with Crippen LogP contribution in [0.2, 0.25) is 0 Å². The highest BCUT2D eigenvalue weighted by Crippen LogP contribution is 2.24. The number of fused-ring (bicyclic) bond motifs is 1. The lowest BCUT2D eigenvalue weighted by Crippen LogP contribution is -2.24. The van der Waals surface area contributed by atoms with Gasteiger partial charge >= 0.3 is 0 Å². The van der Waals surface area contributed by atoms with E-state index in [4.69, 9.17) is 0 Å². The molecule has 3 rings (SSSR count). The van der Waals surface area contributed by atoms with Crippen molar-refractivity contribution in [1.29, 1.82) is 0 Å². The summed E-state index contributed by atoms with van der Waals surface area (Å²) < 4.78 is 1.15. The van der Waals surface area contributed by atoms with Crippen LogP contribution in [0.5, 0.6) is 0 Å². The van der Waals surface area contributed by atoms with Crippen molar-refractivity contribution in [3.05, 3.63) is 17.8 Å². The molecule has 1 aliphatic rings. The fourth-order valence-electron chi connectivity index (χ4n) is 1.66. The van der Waals surface area contributed by atoms with E-state index in [-0.39, 0.29) is 0 Å². The van der Waals surface area contributed by atoms with Gasteiger partial charge in [-0.3, -0.25) is 0 Å². The van der Waals surface area contributed by atoms with E-state index in [1.165, 1.54) is 12.8 Å². The second-order valence-corrected chi connectivity index (χ2v) is 4.93. The first-order valence-corrected chi connectivity index (χ1v) is 6.47. The van der Waals surface area contributed by atoms with Crippen LogP contribution in [0.4, 0.5) is 5.82 Å². The minimum Gasteiger partial charge on any atom is -0.368 e. The molecule has 1 saturated carbocycles. The van der Waals surface area contributed by atoms with E-state index in [1.807, 2.05) is 11.4 Å². The lowest BCUT2D eigenvalue weighted by atomic mass is 10.4. The highest BCUT2D eigenvalue weighted by atomic mass is 32.1. The monoisotopic (exact) mass is 234 g/mol. The Morgan fingerprint density at radius 1 is 1.31 bits per heavy atom. The van der Waals surface area contributed by atoms with E-state index in [9.17, 15) is 0 Å². The Kier molecular flexibility index (Phi) is 2.71. The molecule has 5 heteroatoms. The Morgan fingerprint density at radius 3 is 3.12 bits per heavy atom. The molecule has 84 valence electrons. The van der Waals surface area contributed by atoms with Crippen LogP contribution in [0.15, 0.2) is 17.8 Å². The summed E-state index contributed by atoms with van der Waals surface area (Å²) in [6.45, 7) is 1.92. The molecule has 1 fully saturated rings. The molecule has 0 bridgehead atoms. The first-order chi connectivity index (χ1) is 7.93. The summed E-state index contributed by atoms with van der Waals surface area (Å²) >= 11 is 1.68. The average molecular weight is 234 g/mol. The third kappa shape index (κ3) is 2.15. The average Bonchev–Trinajstić information content (AvgIpc) is 3.00. The van der Waals surface area contributed by atoms with Crippen molar-refractivity contribution in [2.75, 3.05) is 18.4 Å². The van der Waals surface area contributed by atoms with Crippen molar-refractivity contribution >= 4 is 27.4 Å². The number of aromatic nitrogens is 2. The van der Waals surface area contributed by atoms with Crippen LogP contribution >= 0.6 is 11.3 Å². The maximum absolute atomic E-state index is 4.27. The number of nitrogens with zero attached hydrogens (tertiary/aromatic N) is 2. The second kappa shape index (κ2) is 4.35. The Labute approximate surface area is 98.1 Å². The van der Waals surface area contributed by atoms with E-state index in [0.29, 0.717) is 0 Å². The van der Waals surface area contributed by atoms with Crippen LogP contribution in [0.25, 0.3) is 10.2 Å². The molecule has 0 unspecified atom stereocenters. The highest BCUT2D eigenvalue weighted by molar-refractivity contribution is 7.17. The van der Waals surface area contributed by atoms with Gasteiger partial charge in [-0.2, -0.15) is 0 Å². The van der Waals surface area contributed by atoms with Crippen LogP contribution in [0.1, 0.15) is 12.8 Å². The normalized spacial score (nSPS) is 15.5. The summed E-state index contributed by atoms with van der Waals surface area (Å²) in [5.41, 5.74) is 1.03. The molecule has 0 radical (unpaired) electrons. The van der Waals surface area contributed by atoms with E-state index in [1.54, 1.807) is 17.7 Å². The van der Waals surface area contributed by atoms with Gasteiger partial charge in [0.15, 0.2) is 0 Å². The topological polar surface area (TPSA) is 49.8 Å².